The van der Waals surface area contributed by atoms with E-state index in [2.05, 4.69) is 17.6 Å². The maximum Gasteiger partial charge on any atom is 0.325 e. The molecule has 0 bridgehead atoms. The van der Waals surface area contributed by atoms with Crippen LogP contribution in [0.2, 0.25) is 0 Å². The van der Waals surface area contributed by atoms with Crippen LogP contribution in [0.5, 0.6) is 0 Å². The predicted molar refractivity (Wildman–Crippen MR) is 123 cm³/mol. The van der Waals surface area contributed by atoms with E-state index in [1.807, 2.05) is 6.26 Å². The number of ether oxygens (including phenoxy) is 1. The molecule has 2 N–H and O–H groups in total. The summed E-state index contributed by atoms with van der Waals surface area (Å²) in [6.45, 7) is 4.08. The average Bonchev–Trinajstić information content (AvgIpc) is 2.75. The van der Waals surface area contributed by atoms with E-state index < -0.39 is 12.0 Å². The van der Waals surface area contributed by atoms with Crippen molar-refractivity contribution in [3.63, 3.8) is 0 Å². The van der Waals surface area contributed by atoms with Gasteiger partial charge in [0.05, 0.1) is 6.61 Å². The zero-order valence-electron chi connectivity index (χ0n) is 19.2. The normalized spacial score (nSPS) is 19.7. The molecule has 0 radical (unpaired) electrons. The Bertz CT molecular complexity index is 507. The van der Waals surface area contributed by atoms with Gasteiger partial charge in [-0.05, 0) is 57.0 Å². The third-order valence-electron chi connectivity index (χ3n) is 5.89. The number of unbranched alkanes of at least 4 members (excludes halogenated alkanes) is 4. The SMILES string of the molecule is CCCCCCCC1CCC(C(=O)NC(CCSC)C(=O)NCC(=O)OCC)CC1. The summed E-state index contributed by atoms with van der Waals surface area (Å²) >= 11 is 1.63. The summed E-state index contributed by atoms with van der Waals surface area (Å²) in [5.74, 6) is 0.711. The Morgan fingerprint density at radius 3 is 2.37 bits per heavy atom. The molecule has 0 saturated heterocycles. The highest BCUT2D eigenvalue weighted by Crippen LogP contribution is 2.32. The van der Waals surface area contributed by atoms with Gasteiger partial charge in [0.2, 0.25) is 11.8 Å². The summed E-state index contributed by atoms with van der Waals surface area (Å²) in [7, 11) is 0. The van der Waals surface area contributed by atoms with Gasteiger partial charge in [0, 0.05) is 5.92 Å². The van der Waals surface area contributed by atoms with Crippen LogP contribution in [-0.2, 0) is 19.1 Å². The molecule has 1 atom stereocenters. The highest BCUT2D eigenvalue weighted by atomic mass is 32.2. The molecule has 0 spiro atoms. The molecular weight excluding hydrogens is 400 g/mol. The van der Waals surface area contributed by atoms with Crippen molar-refractivity contribution in [2.45, 2.75) is 90.5 Å². The van der Waals surface area contributed by atoms with Crippen LogP contribution in [0.4, 0.5) is 0 Å². The topological polar surface area (TPSA) is 84.5 Å². The minimum Gasteiger partial charge on any atom is -0.465 e. The minimum atomic E-state index is -0.601. The lowest BCUT2D eigenvalue weighted by atomic mass is 9.79. The summed E-state index contributed by atoms with van der Waals surface area (Å²) < 4.78 is 4.84. The summed E-state index contributed by atoms with van der Waals surface area (Å²) in [5.41, 5.74) is 0. The van der Waals surface area contributed by atoms with E-state index in [1.54, 1.807) is 18.7 Å². The summed E-state index contributed by atoms with van der Waals surface area (Å²) in [6.07, 6.45) is 14.4. The van der Waals surface area contributed by atoms with Gasteiger partial charge in [-0.15, -0.1) is 0 Å². The van der Waals surface area contributed by atoms with Crippen molar-refractivity contribution in [1.82, 2.24) is 10.6 Å². The zero-order valence-corrected chi connectivity index (χ0v) is 20.0. The fraction of sp³-hybridized carbons (Fsp3) is 0.870. The van der Waals surface area contributed by atoms with Crippen LogP contribution in [0.25, 0.3) is 0 Å². The molecule has 1 rings (SSSR count). The third kappa shape index (κ3) is 11.2. The first-order chi connectivity index (χ1) is 14.5. The van der Waals surface area contributed by atoms with Crippen molar-refractivity contribution in [2.75, 3.05) is 25.2 Å². The van der Waals surface area contributed by atoms with Gasteiger partial charge in [0.1, 0.15) is 12.6 Å². The Balaban J connectivity index is 2.40. The van der Waals surface area contributed by atoms with Gasteiger partial charge < -0.3 is 15.4 Å². The number of carbonyl (C=O) groups is 3. The number of nitrogens with one attached hydrogen (secondary N) is 2. The van der Waals surface area contributed by atoms with Crippen molar-refractivity contribution < 1.29 is 19.1 Å². The Hall–Kier alpha value is -1.24. The second-order valence-corrected chi connectivity index (χ2v) is 9.27. The van der Waals surface area contributed by atoms with Crippen LogP contribution >= 0.6 is 11.8 Å². The lowest BCUT2D eigenvalue weighted by Gasteiger charge is -2.29. The number of hydrogen-bond donors (Lipinski definition) is 2. The van der Waals surface area contributed by atoms with E-state index in [9.17, 15) is 14.4 Å². The number of hydrogen-bond acceptors (Lipinski definition) is 5. The molecule has 30 heavy (non-hydrogen) atoms. The van der Waals surface area contributed by atoms with E-state index in [4.69, 9.17) is 4.74 Å². The second kappa shape index (κ2) is 16.5. The van der Waals surface area contributed by atoms with E-state index in [1.165, 1.54) is 38.5 Å². The second-order valence-electron chi connectivity index (χ2n) is 8.29. The number of rotatable bonds is 15. The molecule has 6 nitrogen and oxygen atoms in total. The molecule has 1 aliphatic carbocycles. The lowest BCUT2D eigenvalue weighted by molar-refractivity contribution is -0.143. The third-order valence-corrected chi connectivity index (χ3v) is 6.53. The van der Waals surface area contributed by atoms with Gasteiger partial charge in [-0.25, -0.2) is 0 Å². The average molecular weight is 443 g/mol. The van der Waals surface area contributed by atoms with Gasteiger partial charge in [-0.3, -0.25) is 14.4 Å². The van der Waals surface area contributed by atoms with Crippen LogP contribution in [0, 0.1) is 11.8 Å². The number of esters is 1. The predicted octanol–water partition coefficient (Wildman–Crippen LogP) is 4.07. The van der Waals surface area contributed by atoms with Crippen molar-refractivity contribution in [1.29, 1.82) is 0 Å². The molecule has 1 fully saturated rings. The Labute approximate surface area is 187 Å². The number of thioether (sulfide) groups is 1. The quantitative estimate of drug-likeness (QED) is 0.295. The van der Waals surface area contributed by atoms with Crippen LogP contribution in [0.15, 0.2) is 0 Å². The van der Waals surface area contributed by atoms with E-state index in [0.29, 0.717) is 6.42 Å². The van der Waals surface area contributed by atoms with Crippen LogP contribution in [0.1, 0.15) is 84.5 Å². The first-order valence-electron chi connectivity index (χ1n) is 11.7. The largest absolute Gasteiger partial charge is 0.465 e. The smallest absolute Gasteiger partial charge is 0.325 e. The van der Waals surface area contributed by atoms with Gasteiger partial charge in [0.15, 0.2) is 0 Å². The van der Waals surface area contributed by atoms with Gasteiger partial charge in [0.25, 0.3) is 0 Å². The molecule has 1 unspecified atom stereocenters. The summed E-state index contributed by atoms with van der Waals surface area (Å²) in [5, 5.41) is 5.53. The van der Waals surface area contributed by atoms with E-state index in [0.717, 1.165) is 37.4 Å². The fourth-order valence-corrected chi connectivity index (χ4v) is 4.51. The highest BCUT2D eigenvalue weighted by Gasteiger charge is 2.29. The van der Waals surface area contributed by atoms with Gasteiger partial charge >= 0.3 is 5.97 Å². The molecule has 174 valence electrons. The van der Waals surface area contributed by atoms with Gasteiger partial charge in [-0.1, -0.05) is 45.4 Å². The molecule has 1 saturated carbocycles. The Kier molecular flexibility index (Phi) is 14.7. The first-order valence-corrected chi connectivity index (χ1v) is 13.1. The molecular formula is C23H42N2O4S. The molecule has 0 aromatic rings. The first kappa shape index (κ1) is 26.8. The molecule has 7 heteroatoms. The molecule has 1 aliphatic rings. The molecule has 0 heterocycles. The maximum absolute atomic E-state index is 12.8. The van der Waals surface area contributed by atoms with Crippen molar-refractivity contribution in [3.05, 3.63) is 0 Å². The molecule has 0 aromatic heterocycles. The standard InChI is InChI=1S/C23H42N2O4S/c1-4-6-7-8-9-10-18-11-13-19(14-12-18)22(27)25-20(15-16-30-3)23(28)24-17-21(26)29-5-2/h18-20H,4-17H2,1-3H3,(H,24,28)(H,25,27). The van der Waals surface area contributed by atoms with Crippen LogP contribution < -0.4 is 10.6 Å². The Morgan fingerprint density at radius 1 is 1.03 bits per heavy atom. The van der Waals surface area contributed by atoms with Crippen molar-refractivity contribution >= 4 is 29.5 Å². The van der Waals surface area contributed by atoms with Crippen molar-refractivity contribution in [3.8, 4) is 0 Å². The van der Waals surface area contributed by atoms with Gasteiger partial charge in [-0.2, -0.15) is 11.8 Å². The summed E-state index contributed by atoms with van der Waals surface area (Å²) in [4.78, 5) is 36.7. The van der Waals surface area contributed by atoms with Crippen molar-refractivity contribution in [2.24, 2.45) is 11.8 Å². The number of carbonyl (C=O) groups excluding carboxylic acids is 3. The van der Waals surface area contributed by atoms with E-state index >= 15 is 0 Å². The maximum atomic E-state index is 12.8. The molecule has 2 amide bonds. The van der Waals surface area contributed by atoms with Crippen LogP contribution in [-0.4, -0.2) is 49.0 Å². The van der Waals surface area contributed by atoms with Crippen LogP contribution in [0.3, 0.4) is 0 Å². The fourth-order valence-electron chi connectivity index (χ4n) is 4.04. The number of amides is 2. The monoisotopic (exact) mass is 442 g/mol. The minimum absolute atomic E-state index is 0.00372. The van der Waals surface area contributed by atoms with E-state index in [-0.39, 0.29) is 30.9 Å². The Morgan fingerprint density at radius 2 is 1.73 bits per heavy atom. The molecule has 0 aromatic carbocycles. The highest BCUT2D eigenvalue weighted by molar-refractivity contribution is 7.98. The zero-order chi connectivity index (χ0) is 22.2. The molecule has 0 aliphatic heterocycles. The lowest BCUT2D eigenvalue weighted by Crippen LogP contribution is -2.50. The summed E-state index contributed by atoms with van der Waals surface area (Å²) in [6, 6.07) is -0.601.